The van der Waals surface area contributed by atoms with Crippen molar-refractivity contribution >= 4 is 42.4 Å². The van der Waals surface area contributed by atoms with Crippen molar-refractivity contribution in [1.29, 1.82) is 0 Å². The van der Waals surface area contributed by atoms with Crippen LogP contribution in [-0.2, 0) is 5.41 Å². The second-order valence-electron chi connectivity index (χ2n) is 14.4. The molecule has 0 unspecified atom stereocenters. The van der Waals surface area contributed by atoms with Crippen LogP contribution in [0.15, 0.2) is 182 Å². The quantitative estimate of drug-likeness (QED) is 0.182. The van der Waals surface area contributed by atoms with Crippen LogP contribution in [0.4, 0.5) is 0 Å². The van der Waals surface area contributed by atoms with Crippen LogP contribution in [0.1, 0.15) is 22.3 Å². The number of ether oxygens (including phenoxy) is 1. The molecule has 2 aromatic heterocycles. The molecule has 1 aliphatic heterocycles. The van der Waals surface area contributed by atoms with Crippen LogP contribution in [0.25, 0.3) is 76.0 Å². The molecule has 0 saturated heterocycles. The van der Waals surface area contributed by atoms with E-state index in [-0.39, 0.29) is 0 Å². The molecule has 1 aliphatic carbocycles. The molecule has 0 radical (unpaired) electrons. The van der Waals surface area contributed by atoms with Gasteiger partial charge in [0.05, 0.1) is 21.3 Å². The van der Waals surface area contributed by atoms with Gasteiger partial charge in [0.2, 0.25) is 0 Å². The number of fused-ring (bicyclic) bond motifs is 14. The Hall–Kier alpha value is -6.88. The molecule has 0 amide bonds. The molecule has 8 aromatic carbocycles. The van der Waals surface area contributed by atoms with Crippen LogP contribution < -0.4 is 4.74 Å². The summed E-state index contributed by atoms with van der Waals surface area (Å²) in [5, 5.41) is 3.63. The SMILES string of the molecule is c1ccc(-c2ccccc2-c2nc(-c3ccc4c(c3)C3(c5ccccc5Oc5ccccc53)c3ccc5ccccc5c3-4)c3sc4ccccc4c3n2)cc1. The largest absolute Gasteiger partial charge is 0.457 e. The van der Waals surface area contributed by atoms with Gasteiger partial charge < -0.3 is 4.74 Å². The van der Waals surface area contributed by atoms with Crippen molar-refractivity contribution in [2.45, 2.75) is 5.41 Å². The summed E-state index contributed by atoms with van der Waals surface area (Å²) in [6.45, 7) is 0. The topological polar surface area (TPSA) is 35.0 Å². The van der Waals surface area contributed by atoms with E-state index in [1.807, 2.05) is 0 Å². The Morgan fingerprint density at radius 1 is 0.455 bits per heavy atom. The lowest BCUT2D eigenvalue weighted by Gasteiger charge is -2.39. The lowest BCUT2D eigenvalue weighted by Crippen LogP contribution is -2.32. The van der Waals surface area contributed by atoms with Crippen LogP contribution in [0.3, 0.4) is 0 Å². The molecular formula is C51H30N2OS. The Kier molecular flexibility index (Phi) is 6.42. The van der Waals surface area contributed by atoms with Crippen LogP contribution in [0.2, 0.25) is 0 Å². The first-order chi connectivity index (χ1) is 27.3. The molecular weight excluding hydrogens is 689 g/mol. The maximum Gasteiger partial charge on any atom is 0.161 e. The highest BCUT2D eigenvalue weighted by atomic mass is 32.1. The summed E-state index contributed by atoms with van der Waals surface area (Å²) >= 11 is 1.77. The lowest BCUT2D eigenvalue weighted by molar-refractivity contribution is 0.436. The van der Waals surface area contributed by atoms with Crippen molar-refractivity contribution in [1.82, 2.24) is 9.97 Å². The molecule has 256 valence electrons. The summed E-state index contributed by atoms with van der Waals surface area (Å²) in [6.07, 6.45) is 0. The van der Waals surface area contributed by atoms with Gasteiger partial charge in [-0.1, -0.05) is 158 Å². The number of hydrogen-bond donors (Lipinski definition) is 0. The molecule has 3 nitrogen and oxygen atoms in total. The normalized spacial score (nSPS) is 13.4. The Morgan fingerprint density at radius 3 is 1.95 bits per heavy atom. The highest BCUT2D eigenvalue weighted by molar-refractivity contribution is 7.26. The average molecular weight is 719 g/mol. The third-order valence-electron chi connectivity index (χ3n) is 11.6. The fourth-order valence-corrected chi connectivity index (χ4v) is 10.4. The van der Waals surface area contributed by atoms with E-state index in [2.05, 4.69) is 182 Å². The van der Waals surface area contributed by atoms with Gasteiger partial charge in [-0.3, -0.25) is 0 Å². The monoisotopic (exact) mass is 718 g/mol. The van der Waals surface area contributed by atoms with E-state index in [0.717, 1.165) is 72.0 Å². The van der Waals surface area contributed by atoms with Gasteiger partial charge in [0.25, 0.3) is 0 Å². The first kappa shape index (κ1) is 30.6. The summed E-state index contributed by atoms with van der Waals surface area (Å²) in [4.78, 5) is 10.9. The van der Waals surface area contributed by atoms with Crippen molar-refractivity contribution in [3.63, 3.8) is 0 Å². The number of hydrogen-bond acceptors (Lipinski definition) is 4. The highest BCUT2D eigenvalue weighted by Crippen LogP contribution is 2.63. The number of benzene rings is 8. The van der Waals surface area contributed by atoms with Gasteiger partial charge in [-0.25, -0.2) is 9.97 Å². The van der Waals surface area contributed by atoms with E-state index >= 15 is 0 Å². The van der Waals surface area contributed by atoms with Gasteiger partial charge in [-0.05, 0) is 68.4 Å². The zero-order valence-electron chi connectivity index (χ0n) is 29.5. The highest BCUT2D eigenvalue weighted by Gasteiger charge is 2.51. The second-order valence-corrected chi connectivity index (χ2v) is 15.4. The number of aromatic nitrogens is 2. The summed E-state index contributed by atoms with van der Waals surface area (Å²) in [7, 11) is 0. The van der Waals surface area contributed by atoms with Crippen molar-refractivity contribution in [3.8, 4) is 56.4 Å². The molecule has 12 rings (SSSR count). The van der Waals surface area contributed by atoms with E-state index in [1.165, 1.54) is 37.7 Å². The van der Waals surface area contributed by atoms with Crippen molar-refractivity contribution in [3.05, 3.63) is 204 Å². The summed E-state index contributed by atoms with van der Waals surface area (Å²) in [6, 6.07) is 65.2. The molecule has 0 fully saturated rings. The number of rotatable bonds is 3. The summed E-state index contributed by atoms with van der Waals surface area (Å²) in [5.74, 6) is 2.48. The van der Waals surface area contributed by atoms with Gasteiger partial charge in [0.15, 0.2) is 5.82 Å². The Labute approximate surface area is 321 Å². The number of para-hydroxylation sites is 2. The van der Waals surface area contributed by atoms with Crippen LogP contribution in [0, 0.1) is 0 Å². The molecule has 3 heterocycles. The van der Waals surface area contributed by atoms with E-state index in [9.17, 15) is 0 Å². The van der Waals surface area contributed by atoms with Crippen LogP contribution >= 0.6 is 11.3 Å². The minimum atomic E-state index is -0.606. The molecule has 10 aromatic rings. The average Bonchev–Trinajstić information content (AvgIpc) is 3.77. The third kappa shape index (κ3) is 4.26. The summed E-state index contributed by atoms with van der Waals surface area (Å²) in [5.41, 5.74) is 12.9. The van der Waals surface area contributed by atoms with Gasteiger partial charge in [-0.15, -0.1) is 11.3 Å². The zero-order chi connectivity index (χ0) is 36.1. The van der Waals surface area contributed by atoms with Gasteiger partial charge in [0.1, 0.15) is 11.5 Å². The van der Waals surface area contributed by atoms with Crippen LogP contribution in [0.5, 0.6) is 11.5 Å². The maximum atomic E-state index is 6.68. The zero-order valence-corrected chi connectivity index (χ0v) is 30.3. The predicted octanol–water partition coefficient (Wildman–Crippen LogP) is 13.5. The minimum absolute atomic E-state index is 0.606. The van der Waals surface area contributed by atoms with Crippen LogP contribution in [-0.4, -0.2) is 9.97 Å². The summed E-state index contributed by atoms with van der Waals surface area (Å²) < 4.78 is 8.97. The molecule has 0 atom stereocenters. The number of nitrogens with zero attached hydrogens (tertiary/aromatic N) is 2. The van der Waals surface area contributed by atoms with E-state index in [1.54, 1.807) is 11.3 Å². The third-order valence-corrected chi connectivity index (χ3v) is 12.7. The standard InChI is InChI=1S/C51H30N2OS/c1-2-14-31(15-3-1)34-17-6-7-19-36(34)50-52-47(49-48(53-50)38-20-8-13-25-45(38)55-49)33-26-28-37-42(30-33)51(41-29-27-32-16-4-5-18-35(32)46(37)41)39-21-9-11-23-43(39)54-44-24-12-10-22-40(44)51/h1-30H. The van der Waals surface area contributed by atoms with E-state index in [4.69, 9.17) is 14.7 Å². The molecule has 0 bridgehead atoms. The second kappa shape index (κ2) is 11.6. The van der Waals surface area contributed by atoms with E-state index < -0.39 is 5.41 Å². The number of thiophene rings is 1. The maximum absolute atomic E-state index is 6.68. The van der Waals surface area contributed by atoms with Gasteiger partial charge in [0, 0.05) is 32.3 Å². The molecule has 0 saturated carbocycles. The van der Waals surface area contributed by atoms with E-state index in [0.29, 0.717) is 0 Å². The van der Waals surface area contributed by atoms with Gasteiger partial charge in [-0.2, -0.15) is 0 Å². The van der Waals surface area contributed by atoms with Crippen molar-refractivity contribution < 1.29 is 4.74 Å². The molecule has 1 spiro atoms. The fourth-order valence-electron chi connectivity index (χ4n) is 9.27. The first-order valence-electron chi connectivity index (χ1n) is 18.7. The molecule has 4 heteroatoms. The molecule has 2 aliphatic rings. The lowest BCUT2D eigenvalue weighted by atomic mass is 9.66. The Balaban J connectivity index is 1.19. The van der Waals surface area contributed by atoms with Crippen molar-refractivity contribution in [2.75, 3.05) is 0 Å². The molecule has 55 heavy (non-hydrogen) atoms. The van der Waals surface area contributed by atoms with Crippen molar-refractivity contribution in [2.24, 2.45) is 0 Å². The van der Waals surface area contributed by atoms with Gasteiger partial charge >= 0.3 is 0 Å². The smallest absolute Gasteiger partial charge is 0.161 e. The minimum Gasteiger partial charge on any atom is -0.457 e. The Bertz CT molecular complexity index is 3150. The Morgan fingerprint density at radius 2 is 1.13 bits per heavy atom. The fraction of sp³-hybridized carbons (Fsp3) is 0.0196. The first-order valence-corrected chi connectivity index (χ1v) is 19.5. The predicted molar refractivity (Wildman–Crippen MR) is 226 cm³/mol. The molecule has 0 N–H and O–H groups in total.